The number of nitrogens with zero attached hydrogens (tertiary/aromatic N) is 1. The van der Waals surface area contributed by atoms with Crippen molar-refractivity contribution >= 4 is 29.2 Å². The van der Waals surface area contributed by atoms with Crippen LogP contribution in [-0.4, -0.2) is 115 Å². The zero-order valence-electron chi connectivity index (χ0n) is 35.9. The van der Waals surface area contributed by atoms with E-state index in [-0.39, 0.29) is 55.7 Å². The van der Waals surface area contributed by atoms with Crippen molar-refractivity contribution in [3.8, 4) is 5.75 Å². The van der Waals surface area contributed by atoms with Gasteiger partial charge in [-0.25, -0.2) is 0 Å². The Bertz CT molecular complexity index is 1900. The van der Waals surface area contributed by atoms with Gasteiger partial charge in [0.25, 0.3) is 0 Å². The predicted molar refractivity (Wildman–Crippen MR) is 234 cm³/mol. The van der Waals surface area contributed by atoms with Crippen LogP contribution in [0.4, 0.5) is 0 Å². The molecule has 3 heterocycles. The number of carbonyl (C=O) groups is 5. The van der Waals surface area contributed by atoms with Crippen molar-refractivity contribution in [2.24, 2.45) is 11.7 Å². The lowest BCUT2D eigenvalue weighted by atomic mass is 9.89. The highest BCUT2D eigenvalue weighted by Crippen LogP contribution is 2.30. The van der Waals surface area contributed by atoms with Crippen LogP contribution in [-0.2, 0) is 57.4 Å². The lowest BCUT2D eigenvalue weighted by molar-refractivity contribution is -0.134. The molecule has 0 radical (unpaired) electrons. The molecule has 0 aromatic heterocycles. The largest absolute Gasteiger partial charge is 0.488 e. The summed E-state index contributed by atoms with van der Waals surface area (Å²) >= 11 is 0. The van der Waals surface area contributed by atoms with Gasteiger partial charge in [-0.3, -0.25) is 28.9 Å². The Balaban J connectivity index is 0.000000429. The summed E-state index contributed by atoms with van der Waals surface area (Å²) in [6, 6.07) is 24.7. The Kier molecular flexibility index (Phi) is 17.5. The molecular weight excluding hydrogens is 777 g/mol. The minimum atomic E-state index is -0.930. The monoisotopic (exact) mass is 842 g/mol. The first-order chi connectivity index (χ1) is 28.4. The third kappa shape index (κ3) is 15.6. The van der Waals surface area contributed by atoms with Crippen molar-refractivity contribution in [3.63, 3.8) is 0 Å². The number of ether oxygens (including phenoxy) is 4. The number of rotatable bonds is 19. The van der Waals surface area contributed by atoms with Gasteiger partial charge in [-0.15, -0.1) is 0 Å². The SMILES string of the molecule is C.C[C@H](NC(=O)CN1CCOCC1)C(=O)CC(Cc1ccc(OC(C)(C)C)cc1)C(=O)NC(Cc1ccccc1)C(=O)[C@@]1(C)CO1.C[C@]1(C(=O)C(N)Cc2ccccc2)CO1. The summed E-state index contributed by atoms with van der Waals surface area (Å²) < 4.78 is 21.8. The quantitative estimate of drug-likeness (QED) is 0.145. The summed E-state index contributed by atoms with van der Waals surface area (Å²) in [7, 11) is 0. The van der Waals surface area contributed by atoms with Crippen molar-refractivity contribution in [2.75, 3.05) is 46.1 Å². The first-order valence-corrected chi connectivity index (χ1v) is 20.8. The molecule has 4 N–H and O–H groups in total. The topological polar surface area (TPSA) is 182 Å². The number of nitrogens with one attached hydrogen (secondary N) is 2. The number of carbonyl (C=O) groups excluding carboxylic acids is 5. The molecule has 0 aliphatic carbocycles. The van der Waals surface area contributed by atoms with E-state index < -0.39 is 41.2 Å². The molecule has 3 aromatic rings. The molecule has 13 nitrogen and oxygen atoms in total. The number of Topliss-reactive ketones (excluding diaryl/α,β-unsaturated/α-hetero) is 3. The fraction of sp³-hybridized carbons (Fsp3) is 0.521. The van der Waals surface area contributed by atoms with Gasteiger partial charge in [-0.05, 0) is 89.6 Å². The molecule has 6 atom stereocenters. The molecule has 6 rings (SSSR count). The molecule has 3 unspecified atom stereocenters. The van der Waals surface area contributed by atoms with E-state index in [0.717, 1.165) is 16.7 Å². The fourth-order valence-corrected chi connectivity index (χ4v) is 6.91. The highest BCUT2D eigenvalue weighted by Gasteiger charge is 2.50. The van der Waals surface area contributed by atoms with E-state index in [2.05, 4.69) is 10.6 Å². The first kappa shape index (κ1) is 48.9. The van der Waals surface area contributed by atoms with Crippen molar-refractivity contribution in [3.05, 3.63) is 102 Å². The van der Waals surface area contributed by atoms with E-state index in [0.29, 0.717) is 58.1 Å². The van der Waals surface area contributed by atoms with Crippen molar-refractivity contribution < 1.29 is 42.9 Å². The Hall–Kier alpha value is -4.79. The second-order valence-electron chi connectivity index (χ2n) is 17.4. The van der Waals surface area contributed by atoms with Gasteiger partial charge in [0.05, 0.1) is 51.1 Å². The van der Waals surface area contributed by atoms with E-state index in [1.165, 1.54) is 0 Å². The Morgan fingerprint density at radius 2 is 1.26 bits per heavy atom. The van der Waals surface area contributed by atoms with Gasteiger partial charge in [0.1, 0.15) is 22.6 Å². The molecular formula is C48H66N4O9. The minimum Gasteiger partial charge on any atom is -0.488 e. The Labute approximate surface area is 361 Å². The van der Waals surface area contributed by atoms with Crippen molar-refractivity contribution in [2.45, 2.75) is 110 Å². The van der Waals surface area contributed by atoms with Gasteiger partial charge in [0.2, 0.25) is 11.8 Å². The number of benzene rings is 3. The maximum Gasteiger partial charge on any atom is 0.234 e. The molecule has 3 aromatic carbocycles. The third-order valence-corrected chi connectivity index (χ3v) is 10.7. The van der Waals surface area contributed by atoms with E-state index in [1.807, 2.05) is 111 Å². The van der Waals surface area contributed by atoms with Gasteiger partial charge in [-0.2, -0.15) is 0 Å². The second kappa shape index (κ2) is 21.8. The number of ketones is 3. The van der Waals surface area contributed by atoms with Crippen LogP contribution in [0.25, 0.3) is 0 Å². The highest BCUT2D eigenvalue weighted by atomic mass is 16.6. The molecule has 2 amide bonds. The fourth-order valence-electron chi connectivity index (χ4n) is 6.91. The van der Waals surface area contributed by atoms with Gasteiger partial charge in [-0.1, -0.05) is 80.2 Å². The highest BCUT2D eigenvalue weighted by molar-refractivity contribution is 5.98. The average molecular weight is 843 g/mol. The van der Waals surface area contributed by atoms with Gasteiger partial charge in [0.15, 0.2) is 17.3 Å². The zero-order valence-corrected chi connectivity index (χ0v) is 35.9. The molecule has 0 spiro atoms. The lowest BCUT2D eigenvalue weighted by Crippen LogP contribution is -2.50. The number of morpholine rings is 1. The molecule has 3 aliphatic heterocycles. The molecule has 3 saturated heterocycles. The first-order valence-electron chi connectivity index (χ1n) is 20.8. The van der Waals surface area contributed by atoms with Crippen LogP contribution < -0.4 is 21.1 Å². The predicted octanol–water partition coefficient (Wildman–Crippen LogP) is 4.45. The van der Waals surface area contributed by atoms with Crippen molar-refractivity contribution in [1.82, 2.24) is 15.5 Å². The van der Waals surface area contributed by atoms with E-state index in [9.17, 15) is 24.0 Å². The number of nitrogens with two attached hydrogens (primary N) is 1. The van der Waals surface area contributed by atoms with E-state index >= 15 is 0 Å². The van der Waals surface area contributed by atoms with Crippen LogP contribution >= 0.6 is 0 Å². The van der Waals surface area contributed by atoms with Crippen LogP contribution in [0.15, 0.2) is 84.9 Å². The molecule has 13 heteroatoms. The molecule has 3 fully saturated rings. The molecule has 0 bridgehead atoms. The normalized spacial score (nSPS) is 21.4. The summed E-state index contributed by atoms with van der Waals surface area (Å²) in [5.74, 6) is -1.18. The average Bonchev–Trinajstić information content (AvgIpc) is 4.16. The smallest absolute Gasteiger partial charge is 0.234 e. The maximum atomic E-state index is 13.9. The van der Waals surface area contributed by atoms with Crippen molar-refractivity contribution in [1.29, 1.82) is 0 Å². The number of epoxide rings is 2. The standard InChI is InChI=1S/C35H47N3O7.C12H15NO2.CH4/c1-24(36-31(40)22-38-15-17-43-18-16-38)30(39)21-27(19-26-11-13-28(14-12-26)45-34(2,3)4)33(42)37-29(32(41)35(5)23-44-35)20-25-9-7-6-8-10-25;1-12(8-15-12)11(14)10(13)7-9-5-3-2-4-6-9;/h6-14,24,27,29H,15-23H2,1-5H3,(H,36,40)(H,37,42);2-6,10H,7-8,13H2,1H3;1H4/t24-,27?,29?,35+;10?,12-;/m01./s1. The minimum absolute atomic E-state index is 0. The lowest BCUT2D eigenvalue weighted by Gasteiger charge is -2.27. The number of amides is 2. The zero-order chi connectivity index (χ0) is 43.5. The number of hydrogen-bond donors (Lipinski definition) is 3. The van der Waals surface area contributed by atoms with Crippen LogP contribution in [0, 0.1) is 5.92 Å². The third-order valence-electron chi connectivity index (χ3n) is 10.7. The summed E-state index contributed by atoms with van der Waals surface area (Å²) in [5, 5.41) is 5.76. The summed E-state index contributed by atoms with van der Waals surface area (Å²) in [6.07, 6.45) is 1.05. The molecule has 61 heavy (non-hydrogen) atoms. The molecule has 332 valence electrons. The summed E-state index contributed by atoms with van der Waals surface area (Å²) in [5.41, 5.74) is 6.78. The van der Waals surface area contributed by atoms with Crippen LogP contribution in [0.1, 0.15) is 72.1 Å². The van der Waals surface area contributed by atoms with Crippen LogP contribution in [0.3, 0.4) is 0 Å². The van der Waals surface area contributed by atoms with Crippen LogP contribution in [0.2, 0.25) is 0 Å². The van der Waals surface area contributed by atoms with Gasteiger partial charge < -0.3 is 35.3 Å². The molecule has 3 aliphatic rings. The Morgan fingerprint density at radius 3 is 1.79 bits per heavy atom. The maximum absolute atomic E-state index is 13.9. The van der Waals surface area contributed by atoms with Gasteiger partial charge in [0, 0.05) is 25.4 Å². The van der Waals surface area contributed by atoms with Gasteiger partial charge >= 0.3 is 0 Å². The number of hydrogen-bond acceptors (Lipinski definition) is 11. The Morgan fingerprint density at radius 1 is 0.754 bits per heavy atom. The second-order valence-corrected chi connectivity index (χ2v) is 17.4. The summed E-state index contributed by atoms with van der Waals surface area (Å²) in [6.45, 7) is 14.5. The molecule has 0 saturated carbocycles. The van der Waals surface area contributed by atoms with Crippen LogP contribution in [0.5, 0.6) is 5.75 Å². The van der Waals surface area contributed by atoms with E-state index in [4.69, 9.17) is 24.7 Å². The van der Waals surface area contributed by atoms with E-state index in [1.54, 1.807) is 20.8 Å². The summed E-state index contributed by atoms with van der Waals surface area (Å²) in [4.78, 5) is 67.2.